The molecule has 10 heteroatoms. The van der Waals surface area contributed by atoms with E-state index in [1.807, 2.05) is 0 Å². The van der Waals surface area contributed by atoms with Crippen LogP contribution in [-0.4, -0.2) is 75.6 Å². The zero-order valence-electron chi connectivity index (χ0n) is 24.5. The molecule has 0 spiro atoms. The quantitative estimate of drug-likeness (QED) is 0.191. The van der Waals surface area contributed by atoms with E-state index in [0.29, 0.717) is 25.7 Å². The molecule has 0 radical (unpaired) electrons. The Morgan fingerprint density at radius 1 is 1.03 bits per heavy atom. The minimum absolute atomic E-state index is 0.00863. The predicted molar refractivity (Wildman–Crippen MR) is 148 cm³/mol. The Labute approximate surface area is 235 Å². The summed E-state index contributed by atoms with van der Waals surface area (Å²) in [5.41, 5.74) is -1.79. The molecule has 3 fully saturated rings. The van der Waals surface area contributed by atoms with E-state index in [1.54, 1.807) is 0 Å². The van der Waals surface area contributed by atoms with E-state index in [4.69, 9.17) is 4.55 Å². The summed E-state index contributed by atoms with van der Waals surface area (Å²) in [5, 5.41) is 54.7. The first-order valence-electron chi connectivity index (χ1n) is 14.9. The number of hydrogen-bond acceptors (Lipinski definition) is 8. The molecule has 0 aromatic carbocycles. The third kappa shape index (κ3) is 7.37. The minimum atomic E-state index is -4.48. The van der Waals surface area contributed by atoms with Gasteiger partial charge in [-0.3, -0.25) is 4.55 Å². The molecule has 39 heavy (non-hydrogen) atoms. The Bertz CT molecular complexity index is 912. The maximum absolute atomic E-state index is 12.2. The second-order valence-corrected chi connectivity index (χ2v) is 15.3. The van der Waals surface area contributed by atoms with Gasteiger partial charge in [-0.15, -0.1) is 0 Å². The van der Waals surface area contributed by atoms with Crippen LogP contribution in [0.25, 0.3) is 0 Å². The number of aliphatic hydroxyl groups excluding tert-OH is 4. The van der Waals surface area contributed by atoms with E-state index < -0.39 is 39.7 Å². The van der Waals surface area contributed by atoms with Gasteiger partial charge in [0.2, 0.25) is 0 Å². The van der Waals surface area contributed by atoms with Crippen molar-refractivity contribution in [3.63, 3.8) is 0 Å². The van der Waals surface area contributed by atoms with E-state index >= 15 is 0 Å². The van der Waals surface area contributed by atoms with Crippen molar-refractivity contribution in [2.75, 3.05) is 13.2 Å². The summed E-state index contributed by atoms with van der Waals surface area (Å²) in [6, 6.07) is 0. The topological polar surface area (TPSA) is 165 Å². The van der Waals surface area contributed by atoms with Gasteiger partial charge in [0.15, 0.2) is 0 Å². The fourth-order valence-corrected chi connectivity index (χ4v) is 9.70. The summed E-state index contributed by atoms with van der Waals surface area (Å²) in [7, 11) is -4.48. The average molecular weight is 579 g/mol. The molecule has 3 aliphatic carbocycles. The van der Waals surface area contributed by atoms with Gasteiger partial charge >= 0.3 is 10.4 Å². The van der Waals surface area contributed by atoms with Crippen molar-refractivity contribution >= 4 is 10.4 Å². The highest BCUT2D eigenvalue weighted by Crippen LogP contribution is 2.64. The van der Waals surface area contributed by atoms with Gasteiger partial charge in [0.25, 0.3) is 0 Å². The average Bonchev–Trinajstić information content (AvgIpc) is 2.80. The lowest BCUT2D eigenvalue weighted by atomic mass is 9.43. The second kappa shape index (κ2) is 12.5. The van der Waals surface area contributed by atoms with Crippen molar-refractivity contribution in [2.24, 2.45) is 46.3 Å². The van der Waals surface area contributed by atoms with E-state index in [0.717, 1.165) is 32.1 Å². The Balaban J connectivity index is 1.76. The zero-order valence-corrected chi connectivity index (χ0v) is 25.3. The molecule has 11 atom stereocenters. The minimum Gasteiger partial charge on any atom is -0.394 e. The van der Waals surface area contributed by atoms with E-state index in [9.17, 15) is 34.0 Å². The molecule has 0 aromatic rings. The van der Waals surface area contributed by atoms with Crippen molar-refractivity contribution in [3.8, 4) is 0 Å². The lowest BCUT2D eigenvalue weighted by Crippen LogP contribution is -2.65. The maximum Gasteiger partial charge on any atom is 0.397 e. The van der Waals surface area contributed by atoms with Crippen LogP contribution in [0.3, 0.4) is 0 Å². The van der Waals surface area contributed by atoms with E-state index in [2.05, 4.69) is 38.8 Å². The molecule has 0 amide bonds. The molecule has 0 bridgehead atoms. The molecule has 0 aromatic heterocycles. The number of hydrogen-bond donors (Lipinski definition) is 6. The molecule has 0 saturated heterocycles. The van der Waals surface area contributed by atoms with Gasteiger partial charge in [-0.1, -0.05) is 41.0 Å². The largest absolute Gasteiger partial charge is 0.397 e. The van der Waals surface area contributed by atoms with E-state index in [1.165, 1.54) is 0 Å². The van der Waals surface area contributed by atoms with Crippen LogP contribution < -0.4 is 0 Å². The predicted octanol–water partition coefficient (Wildman–Crippen LogP) is 3.32. The van der Waals surface area contributed by atoms with Crippen molar-refractivity contribution in [2.45, 2.75) is 123 Å². The molecule has 3 rings (SSSR count). The van der Waals surface area contributed by atoms with Gasteiger partial charge in [0, 0.05) is 6.42 Å². The van der Waals surface area contributed by atoms with Gasteiger partial charge in [-0.25, -0.2) is 4.18 Å². The Morgan fingerprint density at radius 2 is 1.69 bits per heavy atom. The van der Waals surface area contributed by atoms with Gasteiger partial charge in [0.1, 0.15) is 0 Å². The van der Waals surface area contributed by atoms with Gasteiger partial charge in [-0.2, -0.15) is 8.42 Å². The molecule has 9 nitrogen and oxygen atoms in total. The molecule has 0 aliphatic heterocycles. The Morgan fingerprint density at radius 3 is 2.28 bits per heavy atom. The Kier molecular flexibility index (Phi) is 10.6. The van der Waals surface area contributed by atoms with Crippen LogP contribution in [0.5, 0.6) is 0 Å². The molecular formula is C29H54O9S. The van der Waals surface area contributed by atoms with Crippen LogP contribution in [0.1, 0.15) is 98.8 Å². The molecule has 6 N–H and O–H groups in total. The van der Waals surface area contributed by atoms with Crippen LogP contribution in [0, 0.1) is 46.3 Å². The Hall–Kier alpha value is -0.330. The zero-order chi connectivity index (χ0) is 29.4. The summed E-state index contributed by atoms with van der Waals surface area (Å²) in [5.74, 6) is 0.135. The van der Waals surface area contributed by atoms with Crippen molar-refractivity contribution < 1.29 is 42.7 Å². The smallest absolute Gasteiger partial charge is 0.394 e. The fourth-order valence-electron chi connectivity index (χ4n) is 9.39. The number of aliphatic hydroxyl groups is 5. The first-order valence-corrected chi connectivity index (χ1v) is 16.3. The SMILES string of the molecule is CC(C)[C@@H](CCOS(=O)(=O)O)CC[C@@H](C)[C@@H]([C@@H](O)CO)[C@@]1(C)CCC2[C@@](O)(C[C@H](O)C3C[C@@H](O)CC[C@@]32C)C1. The van der Waals surface area contributed by atoms with Gasteiger partial charge in [-0.05, 0) is 97.7 Å². The number of fused-ring (bicyclic) bond motifs is 3. The van der Waals surface area contributed by atoms with Crippen molar-refractivity contribution in [1.29, 1.82) is 0 Å². The lowest BCUT2D eigenvalue weighted by Gasteiger charge is -2.64. The highest BCUT2D eigenvalue weighted by molar-refractivity contribution is 7.80. The maximum atomic E-state index is 12.2. The molecule has 3 saturated carbocycles. The second-order valence-electron chi connectivity index (χ2n) is 14.2. The van der Waals surface area contributed by atoms with E-state index in [-0.39, 0.29) is 60.6 Å². The van der Waals surface area contributed by atoms with Crippen LogP contribution in [0.4, 0.5) is 0 Å². The van der Waals surface area contributed by atoms with Crippen LogP contribution >= 0.6 is 0 Å². The van der Waals surface area contributed by atoms with Gasteiger partial charge < -0.3 is 25.5 Å². The summed E-state index contributed by atoms with van der Waals surface area (Å²) >= 11 is 0. The van der Waals surface area contributed by atoms with Gasteiger partial charge in [0.05, 0.1) is 37.1 Å². The van der Waals surface area contributed by atoms with Crippen LogP contribution in [0.15, 0.2) is 0 Å². The first-order chi connectivity index (χ1) is 18.0. The lowest BCUT2D eigenvalue weighted by molar-refractivity contribution is -0.238. The summed E-state index contributed by atoms with van der Waals surface area (Å²) in [6.45, 7) is 10.0. The third-order valence-corrected chi connectivity index (χ3v) is 11.7. The molecule has 2 unspecified atom stereocenters. The summed E-state index contributed by atoms with van der Waals surface area (Å²) < 4.78 is 35.3. The van der Waals surface area contributed by atoms with Crippen molar-refractivity contribution in [3.05, 3.63) is 0 Å². The third-order valence-electron chi connectivity index (χ3n) is 11.3. The standard InChI is InChI=1S/C29H54O9S/c1-18(2)20(10-13-38-39(35,36)37)7-6-19(3)26(24(33)16-30)27(4)11-9-25-28(5)12-8-21(31)14-22(28)23(32)15-29(25,34)17-27/h18-26,30-34H,6-17H2,1-5H3,(H,35,36,37)/t19-,20-,21+,22?,23+,24+,25?,26+,27+,28+,29-/m1/s1. The normalized spacial score (nSPS) is 40.4. The highest BCUT2D eigenvalue weighted by Gasteiger charge is 2.63. The van der Waals surface area contributed by atoms with Crippen LogP contribution in [-0.2, 0) is 14.6 Å². The van der Waals surface area contributed by atoms with Crippen LogP contribution in [0.2, 0.25) is 0 Å². The molecule has 0 heterocycles. The van der Waals surface area contributed by atoms with Crippen molar-refractivity contribution in [1.82, 2.24) is 0 Å². The number of rotatable bonds is 12. The summed E-state index contributed by atoms with van der Waals surface area (Å²) in [6.07, 6.45) is 4.23. The first kappa shape index (κ1) is 33.2. The molecule has 3 aliphatic rings. The molecular weight excluding hydrogens is 524 g/mol. The fraction of sp³-hybridized carbons (Fsp3) is 1.00. The molecule has 230 valence electrons. The summed E-state index contributed by atoms with van der Waals surface area (Å²) in [4.78, 5) is 0. The monoisotopic (exact) mass is 578 g/mol. The highest BCUT2D eigenvalue weighted by atomic mass is 32.3.